The van der Waals surface area contributed by atoms with Crippen molar-refractivity contribution in [3.05, 3.63) is 271 Å². The minimum Gasteiger partial charge on any atom is -0.481 e. The summed E-state index contributed by atoms with van der Waals surface area (Å²) in [7, 11) is 1.56. The van der Waals surface area contributed by atoms with Gasteiger partial charge in [0.05, 0.1) is 55.8 Å². The summed E-state index contributed by atoms with van der Waals surface area (Å²) in [6.07, 6.45) is 18.0. The molecule has 4 fully saturated rings. The molecule has 12 rings (SSSR count). The molecule has 30 nitrogen and oxygen atoms in total. The van der Waals surface area contributed by atoms with Crippen LogP contribution in [0.2, 0.25) is 0 Å². The molecule has 0 atom stereocenters. The van der Waals surface area contributed by atoms with E-state index in [2.05, 4.69) is 138 Å². The van der Waals surface area contributed by atoms with Gasteiger partial charge in [0.1, 0.15) is 11.4 Å². The zero-order valence-electron chi connectivity index (χ0n) is 56.6. The highest BCUT2D eigenvalue weighted by molar-refractivity contribution is 5.61. The second kappa shape index (κ2) is 36.6. The molecule has 4 aliphatic heterocycles. The average Bonchev–Trinajstić information content (AvgIpc) is 0.843. The Hall–Kier alpha value is -13.9. The number of ether oxygens (including phenoxy) is 1. The molecule has 4 aliphatic rings. The Morgan fingerprint density at radius 2 is 0.757 bits per heavy atom. The van der Waals surface area contributed by atoms with Crippen LogP contribution in [-0.4, -0.2) is 196 Å². The third-order valence-corrected chi connectivity index (χ3v) is 16.3. The first-order valence-electron chi connectivity index (χ1n) is 32.2. The molecule has 0 unspecified atom stereocenters. The van der Waals surface area contributed by atoms with E-state index in [1.807, 2.05) is 50.8 Å². The van der Waals surface area contributed by atoms with Crippen LogP contribution in [0.3, 0.4) is 0 Å². The van der Waals surface area contributed by atoms with Gasteiger partial charge in [0.15, 0.2) is 0 Å². The van der Waals surface area contributed by atoms with E-state index in [9.17, 15) is 40.5 Å². The highest BCUT2D eigenvalue weighted by Crippen LogP contribution is 2.30. The topological polar surface area (TPSA) is 324 Å². The van der Waals surface area contributed by atoms with Gasteiger partial charge in [-0.2, -0.15) is 0 Å². The minimum absolute atomic E-state index is 0.0219. The van der Waals surface area contributed by atoms with Crippen molar-refractivity contribution in [1.82, 2.24) is 64.5 Å². The van der Waals surface area contributed by atoms with Gasteiger partial charge in [0.2, 0.25) is 29.2 Å². The van der Waals surface area contributed by atoms with Crippen LogP contribution in [0.15, 0.2) is 202 Å². The summed E-state index contributed by atoms with van der Waals surface area (Å²) in [6, 6.07) is 23.3. The second-order valence-electron chi connectivity index (χ2n) is 22.7. The number of hydrogen-bond acceptors (Lipinski definition) is 26. The first kappa shape index (κ1) is 73.4. The number of piperazine rings is 4. The van der Waals surface area contributed by atoms with Crippen molar-refractivity contribution in [1.29, 1.82) is 0 Å². The van der Waals surface area contributed by atoms with Crippen LogP contribution in [0, 0.1) is 94.7 Å². The van der Waals surface area contributed by atoms with Crippen molar-refractivity contribution in [2.45, 2.75) is 6.92 Å². The number of nitro groups is 4. The molecule has 0 spiro atoms. The van der Waals surface area contributed by atoms with E-state index in [0.29, 0.717) is 157 Å². The molecule has 4 saturated heterocycles. The maximum absolute atomic E-state index is 11.2. The lowest BCUT2D eigenvalue weighted by Gasteiger charge is -2.35. The lowest BCUT2D eigenvalue weighted by Crippen LogP contribution is -2.46. The number of rotatable bonds is 13. The van der Waals surface area contributed by atoms with Crippen LogP contribution in [0.1, 0.15) is 28.1 Å². The number of allylic oxidation sites excluding steroid dienone is 4. The molecule has 522 valence electrons. The summed E-state index contributed by atoms with van der Waals surface area (Å²) in [5, 5.41) is 44.6. The van der Waals surface area contributed by atoms with Gasteiger partial charge in [-0.05, 0) is 96.5 Å². The van der Waals surface area contributed by atoms with Crippen LogP contribution in [0.4, 0.5) is 46.0 Å². The van der Waals surface area contributed by atoms with E-state index in [1.54, 1.807) is 112 Å². The fraction of sp³-hybridized carbons (Fsp3) is 0.247. The van der Waals surface area contributed by atoms with E-state index in [4.69, 9.17) is 4.74 Å². The molecule has 0 aromatic carbocycles. The molecule has 12 heterocycles. The maximum atomic E-state index is 11.2. The Morgan fingerprint density at radius 1 is 0.388 bits per heavy atom. The van der Waals surface area contributed by atoms with E-state index in [-0.39, 0.29) is 22.7 Å². The zero-order valence-corrected chi connectivity index (χ0v) is 56.6. The summed E-state index contributed by atoms with van der Waals surface area (Å²) in [6.45, 7) is 28.5. The fourth-order valence-electron chi connectivity index (χ4n) is 10.7. The van der Waals surface area contributed by atoms with Gasteiger partial charge in [0, 0.05) is 208 Å². The standard InChI is InChI=1S/C19H19N5O3.C19H19N5O2.C18H17N5O2.C17H16N6O2/c1-15(8-9-16-5-3-7-18(21-16)27-2)22-11-13-23(14-12-22)19-17(24(25)26)6-4-10-20-19;1-15-7-9-20-14-17(15)6-5-16(2)22-10-12-23(13-11-22)19-18(24(25)26)4-3-8-21-19;1-15(6-7-16-4-2-8-19-14-16)21-10-12-22(13-11-21)18-17(23(24)25)5-3-9-20-18;1-14(4-5-15-13-18-7-8-19-15)21-9-11-22(12-10-21)17-16(23(24)25)3-2-6-20-17/h3-7,10H,1,11-14H2,2H3;3-4,7-9,14H,2,10-13H2,1H3;2-5,8-9,14H,1,10-13H2;2-3,6-8,13H,1,9-12H2. The van der Waals surface area contributed by atoms with Crippen molar-refractivity contribution in [3.63, 3.8) is 0 Å². The number of nitrogens with zero attached hydrogens (tertiary/aromatic N) is 21. The first-order valence-corrected chi connectivity index (χ1v) is 32.2. The van der Waals surface area contributed by atoms with Gasteiger partial charge in [-0.1, -0.05) is 44.2 Å². The van der Waals surface area contributed by atoms with E-state index in [0.717, 1.165) is 28.1 Å². The molecule has 8 aromatic heterocycles. The molecule has 0 N–H and O–H groups in total. The Morgan fingerprint density at radius 3 is 1.12 bits per heavy atom. The molecule has 0 aliphatic carbocycles. The number of methoxy groups -OCH3 is 1. The first-order chi connectivity index (χ1) is 49.9. The Bertz CT molecular complexity index is 4500. The van der Waals surface area contributed by atoms with Crippen LogP contribution in [0.25, 0.3) is 0 Å². The third kappa shape index (κ3) is 20.8. The third-order valence-electron chi connectivity index (χ3n) is 16.3. The number of hydrogen-bond donors (Lipinski definition) is 0. The maximum Gasteiger partial charge on any atom is 0.311 e. The predicted molar refractivity (Wildman–Crippen MR) is 389 cm³/mol. The SMILES string of the molecule is C=C(C#Cc1cccc(OC)n1)N1CCN(c2ncccc2[N+](=O)[O-])CC1.C=C(C#Cc1cccnc1)N1CCN(c2ncccc2[N+](=O)[O-])CC1.C=C(C#Cc1cnccc1C)N1CCN(c2ncccc2[N+](=O)[O-])CC1.C=C(C#Cc1cnccn1)N1CCN(c2ncccc2[N+](=O)[O-])CC1. The van der Waals surface area contributed by atoms with Gasteiger partial charge in [0.25, 0.3) is 0 Å². The molecule has 0 bridgehead atoms. The molecule has 0 amide bonds. The lowest BCUT2D eigenvalue weighted by molar-refractivity contribution is -0.384. The van der Waals surface area contributed by atoms with Crippen molar-refractivity contribution in [2.24, 2.45) is 0 Å². The van der Waals surface area contributed by atoms with Gasteiger partial charge in [-0.3, -0.25) is 55.4 Å². The molecule has 0 radical (unpaired) electrons. The summed E-state index contributed by atoms with van der Waals surface area (Å²) >= 11 is 0. The molecule has 103 heavy (non-hydrogen) atoms. The van der Waals surface area contributed by atoms with E-state index in [1.165, 1.54) is 24.3 Å². The zero-order chi connectivity index (χ0) is 73.0. The van der Waals surface area contributed by atoms with Gasteiger partial charge < -0.3 is 43.9 Å². The van der Waals surface area contributed by atoms with Crippen molar-refractivity contribution in [3.8, 4) is 53.2 Å². The number of pyridine rings is 7. The summed E-state index contributed by atoms with van der Waals surface area (Å²) in [5.41, 5.74) is 6.97. The molecule has 30 heteroatoms. The van der Waals surface area contributed by atoms with E-state index >= 15 is 0 Å². The normalized spacial score (nSPS) is 13.7. The predicted octanol–water partition coefficient (Wildman–Crippen LogP) is 8.00. The lowest BCUT2D eigenvalue weighted by atomic mass is 10.1. The van der Waals surface area contributed by atoms with Crippen LogP contribution >= 0.6 is 0 Å². The molecule has 0 saturated carbocycles. The number of aromatic nitrogens is 9. The Kier molecular flexibility index (Phi) is 26.1. The van der Waals surface area contributed by atoms with Gasteiger partial charge >= 0.3 is 22.7 Å². The number of anilines is 4. The minimum atomic E-state index is -0.403. The highest BCUT2D eigenvalue weighted by Gasteiger charge is 2.29. The quantitative estimate of drug-likeness (QED) is 0.0599. The van der Waals surface area contributed by atoms with Crippen LogP contribution in [0.5, 0.6) is 5.88 Å². The summed E-state index contributed by atoms with van der Waals surface area (Å²) < 4.78 is 5.09. The molecular formula is C73H71N21O9. The fourth-order valence-corrected chi connectivity index (χ4v) is 10.7. The highest BCUT2D eigenvalue weighted by atomic mass is 16.6. The monoisotopic (exact) mass is 1390 g/mol. The Balaban J connectivity index is 0.000000160. The van der Waals surface area contributed by atoms with Crippen molar-refractivity contribution in [2.75, 3.05) is 131 Å². The van der Waals surface area contributed by atoms with Gasteiger partial charge in [-0.15, -0.1) is 0 Å². The Labute approximate surface area is 594 Å². The summed E-state index contributed by atoms with van der Waals surface area (Å²) in [5.74, 6) is 26.4. The van der Waals surface area contributed by atoms with Crippen molar-refractivity contribution < 1.29 is 24.4 Å². The smallest absolute Gasteiger partial charge is 0.311 e. The van der Waals surface area contributed by atoms with Crippen LogP contribution in [-0.2, 0) is 0 Å². The molecular weight excluding hydrogens is 1310 g/mol. The largest absolute Gasteiger partial charge is 0.481 e. The number of aryl methyl sites for hydroxylation is 1. The molecule has 8 aromatic rings. The van der Waals surface area contributed by atoms with Crippen molar-refractivity contribution >= 4 is 46.0 Å². The van der Waals surface area contributed by atoms with Crippen LogP contribution < -0.4 is 24.3 Å². The van der Waals surface area contributed by atoms with Gasteiger partial charge in [-0.25, -0.2) is 29.9 Å². The second-order valence-corrected chi connectivity index (χ2v) is 22.7. The van der Waals surface area contributed by atoms with E-state index < -0.39 is 19.7 Å². The summed E-state index contributed by atoms with van der Waals surface area (Å²) in [4.78, 5) is 96.2. The average molecular weight is 1390 g/mol.